The maximum atomic E-state index is 12.0. The predicted molar refractivity (Wildman–Crippen MR) is 99.3 cm³/mol. The first-order valence-electron chi connectivity index (χ1n) is 8.26. The van der Waals surface area contributed by atoms with Crippen LogP contribution in [0, 0.1) is 18.3 Å². The lowest BCUT2D eigenvalue weighted by Crippen LogP contribution is -1.93. The summed E-state index contributed by atoms with van der Waals surface area (Å²) in [5, 5.41) is 11.3. The summed E-state index contributed by atoms with van der Waals surface area (Å²) < 4.78 is 6.09. The average Bonchev–Trinajstić information content (AvgIpc) is 3.14. The Morgan fingerprint density at radius 3 is 2.58 bits per heavy atom. The number of benzene rings is 3. The largest absolute Gasteiger partial charge is 0.457 e. The SMILES string of the molecule is Cc1ccc(Oc2ccc3c4c(cccc24)C2=NC(=O)C(C#N)=C23)cc1. The van der Waals surface area contributed by atoms with Crippen LogP contribution >= 0.6 is 0 Å². The van der Waals surface area contributed by atoms with Crippen molar-refractivity contribution in [2.45, 2.75) is 6.92 Å². The van der Waals surface area contributed by atoms with E-state index in [1.807, 2.05) is 67.6 Å². The summed E-state index contributed by atoms with van der Waals surface area (Å²) in [6, 6.07) is 19.5. The van der Waals surface area contributed by atoms with Gasteiger partial charge in [-0.25, -0.2) is 4.99 Å². The minimum atomic E-state index is -0.458. The fourth-order valence-electron chi connectivity index (χ4n) is 3.61. The molecule has 1 amide bonds. The molecule has 3 aromatic rings. The maximum absolute atomic E-state index is 12.0. The monoisotopic (exact) mass is 336 g/mol. The number of allylic oxidation sites excluding steroid dienone is 1. The van der Waals surface area contributed by atoms with E-state index in [4.69, 9.17) is 4.74 Å². The molecule has 0 radical (unpaired) electrons. The number of fused-ring (bicyclic) bond motifs is 3. The van der Waals surface area contributed by atoms with Gasteiger partial charge in [-0.3, -0.25) is 4.79 Å². The second-order valence-corrected chi connectivity index (χ2v) is 6.38. The number of aliphatic imine (C=N–C) groups is 1. The van der Waals surface area contributed by atoms with E-state index in [1.165, 1.54) is 5.56 Å². The van der Waals surface area contributed by atoms with Crippen molar-refractivity contribution in [2.24, 2.45) is 4.99 Å². The normalized spacial score (nSPS) is 14.5. The van der Waals surface area contributed by atoms with Crippen molar-refractivity contribution in [1.29, 1.82) is 5.26 Å². The first-order valence-corrected chi connectivity index (χ1v) is 8.26. The number of ether oxygens (including phenoxy) is 1. The molecule has 4 nitrogen and oxygen atoms in total. The average molecular weight is 336 g/mol. The van der Waals surface area contributed by atoms with Gasteiger partial charge in [0.2, 0.25) is 0 Å². The van der Waals surface area contributed by atoms with E-state index in [2.05, 4.69) is 4.99 Å². The Hall–Kier alpha value is -3.71. The van der Waals surface area contributed by atoms with Gasteiger partial charge >= 0.3 is 0 Å². The van der Waals surface area contributed by atoms with Gasteiger partial charge in [-0.05, 0) is 36.8 Å². The molecule has 122 valence electrons. The van der Waals surface area contributed by atoms with E-state index in [-0.39, 0.29) is 5.57 Å². The van der Waals surface area contributed by atoms with Crippen molar-refractivity contribution < 1.29 is 9.53 Å². The van der Waals surface area contributed by atoms with Gasteiger partial charge in [-0.1, -0.05) is 35.9 Å². The van der Waals surface area contributed by atoms with E-state index in [9.17, 15) is 10.1 Å². The predicted octanol–water partition coefficient (Wildman–Crippen LogP) is 4.56. The summed E-state index contributed by atoms with van der Waals surface area (Å²) in [4.78, 5) is 16.1. The Balaban J connectivity index is 1.73. The zero-order valence-electron chi connectivity index (χ0n) is 13.9. The molecule has 5 rings (SSSR count). The van der Waals surface area contributed by atoms with Crippen LogP contribution in [0.4, 0.5) is 0 Å². The number of nitrogens with zero attached hydrogens (tertiary/aromatic N) is 2. The summed E-state index contributed by atoms with van der Waals surface area (Å²) in [5.74, 6) is 1.04. The highest BCUT2D eigenvalue weighted by Crippen LogP contribution is 2.45. The number of carbonyl (C=O) groups is 1. The highest BCUT2D eigenvalue weighted by molar-refractivity contribution is 6.50. The highest BCUT2D eigenvalue weighted by Gasteiger charge is 2.36. The summed E-state index contributed by atoms with van der Waals surface area (Å²) in [7, 11) is 0. The van der Waals surface area contributed by atoms with Crippen molar-refractivity contribution in [3.63, 3.8) is 0 Å². The zero-order valence-corrected chi connectivity index (χ0v) is 13.9. The number of nitriles is 1. The lowest BCUT2D eigenvalue weighted by molar-refractivity contribution is -0.113. The van der Waals surface area contributed by atoms with Crippen LogP contribution in [0.2, 0.25) is 0 Å². The molecule has 2 aliphatic rings. The number of hydrogen-bond acceptors (Lipinski definition) is 3. The molecule has 1 heterocycles. The molecular formula is C22H12N2O2. The number of carbonyl (C=O) groups excluding carboxylic acids is 1. The molecule has 0 unspecified atom stereocenters. The van der Waals surface area contributed by atoms with Crippen LogP contribution in [0.25, 0.3) is 16.3 Å². The van der Waals surface area contributed by atoms with Gasteiger partial charge in [-0.15, -0.1) is 0 Å². The quantitative estimate of drug-likeness (QED) is 0.689. The molecule has 0 fully saturated rings. The van der Waals surface area contributed by atoms with E-state index >= 15 is 0 Å². The summed E-state index contributed by atoms with van der Waals surface area (Å²) in [5.41, 5.74) is 4.27. The van der Waals surface area contributed by atoms with Gasteiger partial charge in [0.15, 0.2) is 0 Å². The number of aryl methyl sites for hydroxylation is 1. The van der Waals surface area contributed by atoms with Gasteiger partial charge in [0.05, 0.1) is 5.71 Å². The first-order chi connectivity index (χ1) is 12.7. The first kappa shape index (κ1) is 14.6. The van der Waals surface area contributed by atoms with Gasteiger partial charge in [-0.2, -0.15) is 5.26 Å². The third-order valence-corrected chi connectivity index (χ3v) is 4.80. The summed E-state index contributed by atoms with van der Waals surface area (Å²) in [6.07, 6.45) is 0. The fourth-order valence-corrected chi connectivity index (χ4v) is 3.61. The molecule has 0 N–H and O–H groups in total. The maximum Gasteiger partial charge on any atom is 0.288 e. The van der Waals surface area contributed by atoms with Crippen molar-refractivity contribution in [1.82, 2.24) is 0 Å². The zero-order chi connectivity index (χ0) is 17.8. The van der Waals surface area contributed by atoms with Crippen LogP contribution in [-0.4, -0.2) is 11.6 Å². The number of rotatable bonds is 2. The molecule has 3 aromatic carbocycles. The Morgan fingerprint density at radius 1 is 1.00 bits per heavy atom. The lowest BCUT2D eigenvalue weighted by atomic mass is 10.0. The fraction of sp³-hybridized carbons (Fsp3) is 0.0455. The second-order valence-electron chi connectivity index (χ2n) is 6.38. The molecule has 0 saturated heterocycles. The molecule has 0 spiro atoms. The van der Waals surface area contributed by atoms with Gasteiger partial charge in [0.25, 0.3) is 5.91 Å². The van der Waals surface area contributed by atoms with Crippen LogP contribution in [0.3, 0.4) is 0 Å². The minimum absolute atomic E-state index is 0.115. The molecular weight excluding hydrogens is 324 g/mol. The van der Waals surface area contributed by atoms with E-state index in [0.717, 1.165) is 33.4 Å². The van der Waals surface area contributed by atoms with Crippen LogP contribution in [-0.2, 0) is 4.79 Å². The Bertz CT molecular complexity index is 1230. The molecule has 0 atom stereocenters. The minimum Gasteiger partial charge on any atom is -0.457 e. The van der Waals surface area contributed by atoms with Gasteiger partial charge in [0.1, 0.15) is 23.1 Å². The lowest BCUT2D eigenvalue weighted by Gasteiger charge is -2.11. The smallest absolute Gasteiger partial charge is 0.288 e. The van der Waals surface area contributed by atoms with E-state index in [0.29, 0.717) is 11.3 Å². The Morgan fingerprint density at radius 2 is 1.81 bits per heavy atom. The molecule has 1 aliphatic carbocycles. The third-order valence-electron chi connectivity index (χ3n) is 4.80. The number of amides is 1. The highest BCUT2D eigenvalue weighted by atomic mass is 16.5. The van der Waals surface area contributed by atoms with Gasteiger partial charge in [0, 0.05) is 21.9 Å². The molecule has 1 aliphatic heterocycles. The van der Waals surface area contributed by atoms with Crippen molar-refractivity contribution in [3.8, 4) is 17.6 Å². The molecule has 0 bridgehead atoms. The van der Waals surface area contributed by atoms with Crippen LogP contribution in [0.15, 0.2) is 65.2 Å². The topological polar surface area (TPSA) is 62.4 Å². The van der Waals surface area contributed by atoms with Gasteiger partial charge < -0.3 is 4.74 Å². The molecule has 0 saturated carbocycles. The second kappa shape index (κ2) is 5.14. The van der Waals surface area contributed by atoms with E-state index < -0.39 is 5.91 Å². The van der Waals surface area contributed by atoms with E-state index in [1.54, 1.807) is 0 Å². The summed E-state index contributed by atoms with van der Waals surface area (Å²) in [6.45, 7) is 2.03. The van der Waals surface area contributed by atoms with Crippen LogP contribution < -0.4 is 4.74 Å². The Kier molecular flexibility index (Phi) is 2.89. The molecule has 26 heavy (non-hydrogen) atoms. The molecule has 4 heteroatoms. The summed E-state index contributed by atoms with van der Waals surface area (Å²) >= 11 is 0. The standard InChI is InChI=1S/C22H12N2O2/c1-12-5-7-13(8-6-12)26-18-10-9-15-19-14(18)3-2-4-16(19)21-20(15)17(11-23)22(25)24-21/h2-10H,1H3. The van der Waals surface area contributed by atoms with Crippen molar-refractivity contribution in [2.75, 3.05) is 0 Å². The number of hydrogen-bond donors (Lipinski definition) is 0. The van der Waals surface area contributed by atoms with Crippen LogP contribution in [0.5, 0.6) is 11.5 Å². The Labute approximate surface area is 149 Å². The van der Waals surface area contributed by atoms with Crippen LogP contribution in [0.1, 0.15) is 16.7 Å². The van der Waals surface area contributed by atoms with Crippen molar-refractivity contribution in [3.05, 3.63) is 76.9 Å². The van der Waals surface area contributed by atoms with Crippen molar-refractivity contribution >= 4 is 28.0 Å². The third kappa shape index (κ3) is 1.88. The molecule has 0 aromatic heterocycles.